The van der Waals surface area contributed by atoms with Crippen molar-refractivity contribution in [3.63, 3.8) is 0 Å². The van der Waals surface area contributed by atoms with Crippen molar-refractivity contribution >= 4 is 21.8 Å². The largest absolute Gasteiger partial charge is 0.341 e. The molecule has 0 aromatic heterocycles. The van der Waals surface area contributed by atoms with Gasteiger partial charge >= 0.3 is 0 Å². The van der Waals surface area contributed by atoms with Crippen LogP contribution in [0, 0.1) is 11.3 Å². The molecule has 1 amide bonds. The number of halogens is 1. The molecule has 0 spiro atoms. The monoisotopic (exact) mass is 287 g/mol. The summed E-state index contributed by atoms with van der Waals surface area (Å²) in [6.45, 7) is 6.37. The number of amides is 1. The van der Waals surface area contributed by atoms with E-state index < -0.39 is 0 Å². The van der Waals surface area contributed by atoms with Gasteiger partial charge in [-0.05, 0) is 31.1 Å². The smallest absolute Gasteiger partial charge is 0.226 e. The molecule has 1 aliphatic carbocycles. The molecule has 1 heterocycles. The quantitative estimate of drug-likeness (QED) is 0.679. The Morgan fingerprint density at radius 1 is 1.31 bits per heavy atom. The number of hydrogen-bond donors (Lipinski definition) is 0. The van der Waals surface area contributed by atoms with E-state index in [2.05, 4.69) is 34.7 Å². The highest BCUT2D eigenvalue weighted by Crippen LogP contribution is 2.43. The minimum absolute atomic E-state index is 0.219. The van der Waals surface area contributed by atoms with Gasteiger partial charge in [-0.25, -0.2) is 0 Å². The van der Waals surface area contributed by atoms with Crippen LogP contribution < -0.4 is 0 Å². The molecule has 2 fully saturated rings. The fourth-order valence-corrected chi connectivity index (χ4v) is 3.80. The lowest BCUT2D eigenvalue weighted by Crippen LogP contribution is -2.45. The maximum absolute atomic E-state index is 12.5. The second-order valence-corrected chi connectivity index (χ2v) is 7.25. The number of likely N-dealkylation sites (tertiary alicyclic amines) is 1. The molecule has 1 saturated heterocycles. The first-order chi connectivity index (χ1) is 7.50. The Balaban J connectivity index is 2.01. The van der Waals surface area contributed by atoms with Crippen LogP contribution in [0.1, 0.15) is 46.0 Å². The van der Waals surface area contributed by atoms with E-state index in [0.29, 0.717) is 10.7 Å². The number of piperidine rings is 1. The Morgan fingerprint density at radius 2 is 2.06 bits per heavy atom. The number of carbonyl (C=O) groups is 1. The standard InChI is InChI=1S/C13H22BrNO/c1-13(2)7-3-6-11(13)12(16)15-8-4-5-10(14)9-15/h10-11H,3-9H2,1-2H3. The maximum atomic E-state index is 12.5. The van der Waals surface area contributed by atoms with Gasteiger partial charge in [-0.15, -0.1) is 0 Å². The predicted octanol–water partition coefficient (Wildman–Crippen LogP) is 3.20. The third-order valence-corrected chi connectivity index (χ3v) is 4.98. The fraction of sp³-hybridized carbons (Fsp3) is 0.923. The molecule has 2 nitrogen and oxygen atoms in total. The third-order valence-electron chi connectivity index (χ3n) is 4.23. The number of carbonyl (C=O) groups excluding carboxylic acids is 1. The van der Waals surface area contributed by atoms with Crippen LogP contribution in [0.4, 0.5) is 0 Å². The van der Waals surface area contributed by atoms with E-state index >= 15 is 0 Å². The molecule has 3 heteroatoms. The maximum Gasteiger partial charge on any atom is 0.226 e. The van der Waals surface area contributed by atoms with Gasteiger partial charge in [0.15, 0.2) is 0 Å². The molecule has 2 atom stereocenters. The molecule has 0 N–H and O–H groups in total. The van der Waals surface area contributed by atoms with Crippen molar-refractivity contribution in [2.45, 2.75) is 50.8 Å². The molecule has 1 aliphatic heterocycles. The van der Waals surface area contributed by atoms with E-state index in [9.17, 15) is 4.79 Å². The molecule has 16 heavy (non-hydrogen) atoms. The average molecular weight is 288 g/mol. The lowest BCUT2D eigenvalue weighted by atomic mass is 9.81. The van der Waals surface area contributed by atoms with Crippen molar-refractivity contribution < 1.29 is 4.79 Å². The molecule has 0 aromatic rings. The van der Waals surface area contributed by atoms with Crippen LogP contribution in [0.25, 0.3) is 0 Å². The number of hydrogen-bond acceptors (Lipinski definition) is 1. The Labute approximate surface area is 107 Å². The van der Waals surface area contributed by atoms with Crippen LogP contribution in [0.2, 0.25) is 0 Å². The van der Waals surface area contributed by atoms with E-state index in [1.807, 2.05) is 0 Å². The zero-order valence-electron chi connectivity index (χ0n) is 10.3. The summed E-state index contributed by atoms with van der Waals surface area (Å²) in [6.07, 6.45) is 5.87. The number of alkyl halides is 1. The fourth-order valence-electron chi connectivity index (χ4n) is 3.13. The van der Waals surface area contributed by atoms with Crippen molar-refractivity contribution in [1.82, 2.24) is 4.90 Å². The summed E-state index contributed by atoms with van der Waals surface area (Å²) < 4.78 is 0. The highest BCUT2D eigenvalue weighted by atomic mass is 79.9. The lowest BCUT2D eigenvalue weighted by Gasteiger charge is -2.35. The van der Waals surface area contributed by atoms with Crippen molar-refractivity contribution in [1.29, 1.82) is 0 Å². The molecule has 2 aliphatic rings. The average Bonchev–Trinajstić information content (AvgIpc) is 2.57. The summed E-state index contributed by atoms with van der Waals surface area (Å²) in [6, 6.07) is 0. The summed E-state index contributed by atoms with van der Waals surface area (Å²) in [5.74, 6) is 0.678. The third kappa shape index (κ3) is 2.44. The van der Waals surface area contributed by atoms with Gasteiger partial charge in [0.25, 0.3) is 0 Å². The van der Waals surface area contributed by atoms with E-state index in [1.165, 1.54) is 19.3 Å². The molecular weight excluding hydrogens is 266 g/mol. The molecule has 2 unspecified atom stereocenters. The normalized spacial score (nSPS) is 34.1. The summed E-state index contributed by atoms with van der Waals surface area (Å²) in [4.78, 5) is 15.1. The number of nitrogens with zero attached hydrogens (tertiary/aromatic N) is 1. The predicted molar refractivity (Wildman–Crippen MR) is 69.7 cm³/mol. The minimum atomic E-state index is 0.219. The van der Waals surface area contributed by atoms with Crippen molar-refractivity contribution in [3.05, 3.63) is 0 Å². The van der Waals surface area contributed by atoms with Gasteiger partial charge < -0.3 is 4.90 Å². The van der Waals surface area contributed by atoms with E-state index in [1.54, 1.807) is 0 Å². The summed E-state index contributed by atoms with van der Waals surface area (Å²) in [5.41, 5.74) is 0.219. The van der Waals surface area contributed by atoms with E-state index in [-0.39, 0.29) is 11.3 Å². The zero-order valence-corrected chi connectivity index (χ0v) is 11.9. The highest BCUT2D eigenvalue weighted by molar-refractivity contribution is 9.09. The summed E-state index contributed by atoms with van der Waals surface area (Å²) in [7, 11) is 0. The van der Waals surface area contributed by atoms with Crippen LogP contribution in [0.3, 0.4) is 0 Å². The highest BCUT2D eigenvalue weighted by Gasteiger charge is 2.41. The van der Waals surface area contributed by atoms with E-state index in [0.717, 1.165) is 25.9 Å². The molecule has 0 aromatic carbocycles. The van der Waals surface area contributed by atoms with Gasteiger partial charge in [0.1, 0.15) is 0 Å². The van der Waals surface area contributed by atoms with Crippen molar-refractivity contribution in [2.24, 2.45) is 11.3 Å². The first kappa shape index (κ1) is 12.4. The van der Waals surface area contributed by atoms with Crippen molar-refractivity contribution in [3.8, 4) is 0 Å². The van der Waals surface area contributed by atoms with Gasteiger partial charge in [0.2, 0.25) is 5.91 Å². The van der Waals surface area contributed by atoms with Crippen molar-refractivity contribution in [2.75, 3.05) is 13.1 Å². The van der Waals surface area contributed by atoms with Gasteiger partial charge in [-0.1, -0.05) is 36.2 Å². The van der Waals surface area contributed by atoms with Gasteiger partial charge in [-0.3, -0.25) is 4.79 Å². The zero-order chi connectivity index (χ0) is 11.8. The Hall–Kier alpha value is -0.0500. The molecule has 0 bridgehead atoms. The summed E-state index contributed by atoms with van der Waals surface area (Å²) >= 11 is 3.64. The first-order valence-corrected chi connectivity index (χ1v) is 7.35. The van der Waals surface area contributed by atoms with Gasteiger partial charge in [-0.2, -0.15) is 0 Å². The van der Waals surface area contributed by atoms with Crippen LogP contribution in [0.15, 0.2) is 0 Å². The van der Waals surface area contributed by atoms with Crippen LogP contribution in [-0.2, 0) is 4.79 Å². The van der Waals surface area contributed by atoms with Crippen LogP contribution in [-0.4, -0.2) is 28.7 Å². The molecule has 0 radical (unpaired) electrons. The lowest BCUT2D eigenvalue weighted by molar-refractivity contribution is -0.139. The molecule has 1 saturated carbocycles. The van der Waals surface area contributed by atoms with Gasteiger partial charge in [0, 0.05) is 23.8 Å². The summed E-state index contributed by atoms with van der Waals surface area (Å²) in [5, 5.41) is 0. The van der Waals surface area contributed by atoms with Crippen LogP contribution >= 0.6 is 15.9 Å². The van der Waals surface area contributed by atoms with E-state index in [4.69, 9.17) is 0 Å². The Kier molecular flexibility index (Phi) is 3.62. The Bertz CT molecular complexity index is 277. The SMILES string of the molecule is CC1(C)CCCC1C(=O)N1CCCC(Br)C1. The number of rotatable bonds is 1. The van der Waals surface area contributed by atoms with Gasteiger partial charge in [0.05, 0.1) is 0 Å². The topological polar surface area (TPSA) is 20.3 Å². The Morgan fingerprint density at radius 3 is 2.62 bits per heavy atom. The second-order valence-electron chi connectivity index (χ2n) is 5.96. The second kappa shape index (κ2) is 4.67. The molecule has 2 rings (SSSR count). The molecule has 92 valence electrons. The van der Waals surface area contributed by atoms with Crippen LogP contribution in [0.5, 0.6) is 0 Å². The first-order valence-electron chi connectivity index (χ1n) is 6.43. The molecular formula is C13H22BrNO. The minimum Gasteiger partial charge on any atom is -0.341 e.